The van der Waals surface area contributed by atoms with Crippen LogP contribution in [0.2, 0.25) is 0 Å². The average Bonchev–Trinajstić information content (AvgIpc) is 2.42. The molecule has 0 amide bonds. The van der Waals surface area contributed by atoms with Crippen LogP contribution in [0.4, 0.5) is 13.2 Å². The molecule has 0 fully saturated rings. The molecule has 0 unspecified atom stereocenters. The van der Waals surface area contributed by atoms with Crippen molar-refractivity contribution in [3.63, 3.8) is 0 Å². The fourth-order valence-corrected chi connectivity index (χ4v) is 1.81. The van der Waals surface area contributed by atoms with E-state index in [1.807, 2.05) is 0 Å². The Morgan fingerprint density at radius 2 is 1.47 bits per heavy atom. The summed E-state index contributed by atoms with van der Waals surface area (Å²) in [5.41, 5.74) is 1.82. The van der Waals surface area contributed by atoms with Crippen molar-refractivity contribution in [1.29, 1.82) is 0 Å². The van der Waals surface area contributed by atoms with E-state index in [0.717, 1.165) is 24.0 Å². The summed E-state index contributed by atoms with van der Waals surface area (Å²) in [5.74, 6) is -3.88. The number of aryl methyl sites for hydroxylation is 1. The lowest BCUT2D eigenvalue weighted by atomic mass is 10.0. The molecule has 0 aliphatic carbocycles. The molecule has 0 saturated heterocycles. The maximum atomic E-state index is 13.1. The Morgan fingerprint density at radius 1 is 0.895 bits per heavy atom. The Bertz CT molecular complexity index is 568. The van der Waals surface area contributed by atoms with E-state index in [4.69, 9.17) is 0 Å². The van der Waals surface area contributed by atoms with Gasteiger partial charge in [-0.05, 0) is 35.2 Å². The van der Waals surface area contributed by atoms with Gasteiger partial charge in [0.05, 0.1) is 0 Å². The van der Waals surface area contributed by atoms with Gasteiger partial charge in [-0.1, -0.05) is 24.3 Å². The third-order valence-electron chi connectivity index (χ3n) is 2.82. The Balaban J connectivity index is 2.29. The summed E-state index contributed by atoms with van der Waals surface area (Å²) in [5, 5.41) is 0. The van der Waals surface area contributed by atoms with Gasteiger partial charge in [0.1, 0.15) is 6.29 Å². The predicted molar refractivity (Wildman–Crippen MR) is 66.1 cm³/mol. The molecule has 0 aliphatic rings. The van der Waals surface area contributed by atoms with Gasteiger partial charge < -0.3 is 4.79 Å². The van der Waals surface area contributed by atoms with E-state index in [1.54, 1.807) is 24.3 Å². The Kier molecular flexibility index (Phi) is 4.00. The molecule has 0 bridgehead atoms. The van der Waals surface area contributed by atoms with E-state index in [1.165, 1.54) is 0 Å². The molecular weight excluding hydrogens is 253 g/mol. The van der Waals surface area contributed by atoms with Crippen molar-refractivity contribution in [2.24, 2.45) is 0 Å². The molecule has 0 aliphatic heterocycles. The highest BCUT2D eigenvalue weighted by molar-refractivity contribution is 5.64. The van der Waals surface area contributed by atoms with E-state index in [2.05, 4.69) is 0 Å². The number of carbonyl (C=O) groups is 1. The molecule has 1 nitrogen and oxygen atoms in total. The number of halogens is 3. The smallest absolute Gasteiger partial charge is 0.194 e. The highest BCUT2D eigenvalue weighted by atomic mass is 19.2. The molecule has 0 radical (unpaired) electrons. The quantitative estimate of drug-likeness (QED) is 0.604. The number of rotatable bonds is 4. The van der Waals surface area contributed by atoms with Crippen LogP contribution in [-0.4, -0.2) is 6.29 Å². The van der Waals surface area contributed by atoms with E-state index in [9.17, 15) is 18.0 Å². The van der Waals surface area contributed by atoms with Gasteiger partial charge in [-0.3, -0.25) is 0 Å². The van der Waals surface area contributed by atoms with Crippen molar-refractivity contribution >= 4 is 6.29 Å². The summed E-state index contributed by atoms with van der Waals surface area (Å²) in [6.07, 6.45) is 1.88. The normalized spacial score (nSPS) is 10.5. The molecule has 0 N–H and O–H groups in total. The van der Waals surface area contributed by atoms with Crippen LogP contribution < -0.4 is 0 Å². The summed E-state index contributed by atoms with van der Waals surface area (Å²) in [7, 11) is 0. The van der Waals surface area contributed by atoms with Crippen LogP contribution in [0.25, 0.3) is 11.1 Å². The van der Waals surface area contributed by atoms with Gasteiger partial charge in [-0.15, -0.1) is 0 Å². The standard InChI is InChI=1S/C15H11F3O/c16-13-8-12(9-14(17)15(13)18)11-5-3-10(4-6-11)2-1-7-19/h3-9H,1-2H2. The molecule has 0 spiro atoms. The number of hydrogen-bond donors (Lipinski definition) is 0. The van der Waals surface area contributed by atoms with Gasteiger partial charge in [-0.25, -0.2) is 13.2 Å². The number of hydrogen-bond acceptors (Lipinski definition) is 1. The zero-order valence-electron chi connectivity index (χ0n) is 10.00. The van der Waals surface area contributed by atoms with E-state index in [0.29, 0.717) is 18.4 Å². The van der Waals surface area contributed by atoms with E-state index in [-0.39, 0.29) is 5.56 Å². The molecule has 0 aromatic heterocycles. The number of benzene rings is 2. The Labute approximate surface area is 108 Å². The zero-order valence-corrected chi connectivity index (χ0v) is 10.00. The first kappa shape index (κ1) is 13.3. The highest BCUT2D eigenvalue weighted by Gasteiger charge is 2.11. The molecule has 2 aromatic rings. The molecule has 0 heterocycles. The van der Waals surface area contributed by atoms with Gasteiger partial charge in [0, 0.05) is 6.42 Å². The first-order valence-electron chi connectivity index (χ1n) is 5.79. The maximum absolute atomic E-state index is 13.1. The summed E-state index contributed by atoms with van der Waals surface area (Å²) in [6.45, 7) is 0. The minimum absolute atomic E-state index is 0.276. The van der Waals surface area contributed by atoms with Crippen molar-refractivity contribution in [2.45, 2.75) is 12.8 Å². The van der Waals surface area contributed by atoms with E-state index >= 15 is 0 Å². The van der Waals surface area contributed by atoms with Crippen LogP contribution in [0, 0.1) is 17.5 Å². The third-order valence-corrected chi connectivity index (χ3v) is 2.82. The Hall–Kier alpha value is -2.10. The van der Waals surface area contributed by atoms with Crippen molar-refractivity contribution in [2.75, 3.05) is 0 Å². The fraction of sp³-hybridized carbons (Fsp3) is 0.133. The van der Waals surface area contributed by atoms with Crippen molar-refractivity contribution < 1.29 is 18.0 Å². The summed E-state index contributed by atoms with van der Waals surface area (Å²) in [6, 6.07) is 8.84. The van der Waals surface area contributed by atoms with Gasteiger partial charge in [0.2, 0.25) is 0 Å². The minimum Gasteiger partial charge on any atom is -0.303 e. The summed E-state index contributed by atoms with van der Waals surface area (Å²) >= 11 is 0. The second-order valence-electron chi connectivity index (χ2n) is 4.16. The topological polar surface area (TPSA) is 17.1 Å². The summed E-state index contributed by atoms with van der Waals surface area (Å²) in [4.78, 5) is 10.3. The molecular formula is C15H11F3O. The molecule has 2 aromatic carbocycles. The van der Waals surface area contributed by atoms with Gasteiger partial charge in [0.15, 0.2) is 17.5 Å². The summed E-state index contributed by atoms with van der Waals surface area (Å²) < 4.78 is 39.1. The number of carbonyl (C=O) groups excluding carboxylic acids is 1. The molecule has 19 heavy (non-hydrogen) atoms. The van der Waals surface area contributed by atoms with Crippen molar-refractivity contribution in [3.05, 3.63) is 59.4 Å². The Morgan fingerprint density at radius 3 is 2.00 bits per heavy atom. The predicted octanol–water partition coefficient (Wildman–Crippen LogP) is 3.90. The minimum atomic E-state index is -1.47. The molecule has 98 valence electrons. The lowest BCUT2D eigenvalue weighted by molar-refractivity contribution is -0.107. The molecule has 4 heteroatoms. The van der Waals surface area contributed by atoms with Crippen molar-refractivity contribution in [1.82, 2.24) is 0 Å². The average molecular weight is 264 g/mol. The van der Waals surface area contributed by atoms with Crippen LogP contribution >= 0.6 is 0 Å². The van der Waals surface area contributed by atoms with Crippen molar-refractivity contribution in [3.8, 4) is 11.1 Å². The second kappa shape index (κ2) is 5.69. The van der Waals surface area contributed by atoms with E-state index < -0.39 is 17.5 Å². The molecule has 2 rings (SSSR count). The zero-order chi connectivity index (χ0) is 13.8. The van der Waals surface area contributed by atoms with Crippen LogP contribution in [-0.2, 0) is 11.2 Å². The third kappa shape index (κ3) is 3.02. The first-order valence-corrected chi connectivity index (χ1v) is 5.79. The SMILES string of the molecule is O=CCCc1ccc(-c2cc(F)c(F)c(F)c2)cc1. The number of aldehydes is 1. The fourth-order valence-electron chi connectivity index (χ4n) is 1.81. The monoisotopic (exact) mass is 264 g/mol. The second-order valence-corrected chi connectivity index (χ2v) is 4.16. The van der Waals surface area contributed by atoms with Gasteiger partial charge in [0.25, 0.3) is 0 Å². The van der Waals surface area contributed by atoms with Crippen LogP contribution in [0.15, 0.2) is 36.4 Å². The lowest BCUT2D eigenvalue weighted by Gasteiger charge is -2.05. The van der Waals surface area contributed by atoms with Gasteiger partial charge in [-0.2, -0.15) is 0 Å². The maximum Gasteiger partial charge on any atom is 0.194 e. The highest BCUT2D eigenvalue weighted by Crippen LogP contribution is 2.24. The lowest BCUT2D eigenvalue weighted by Crippen LogP contribution is -1.92. The molecule has 0 atom stereocenters. The van der Waals surface area contributed by atoms with Crippen LogP contribution in [0.3, 0.4) is 0 Å². The van der Waals surface area contributed by atoms with Gasteiger partial charge >= 0.3 is 0 Å². The van der Waals surface area contributed by atoms with Crippen LogP contribution in [0.5, 0.6) is 0 Å². The first-order chi connectivity index (χ1) is 9.11. The molecule has 0 saturated carbocycles. The van der Waals surface area contributed by atoms with Crippen LogP contribution in [0.1, 0.15) is 12.0 Å². The largest absolute Gasteiger partial charge is 0.303 e.